The number of carbonyl (C=O) groups is 5. The highest BCUT2D eigenvalue weighted by Crippen LogP contribution is 2.11. The lowest BCUT2D eigenvalue weighted by atomic mass is 9.96. The lowest BCUT2D eigenvalue weighted by Gasteiger charge is -2.28. The van der Waals surface area contributed by atoms with Crippen molar-refractivity contribution in [2.75, 3.05) is 6.54 Å². The van der Waals surface area contributed by atoms with Crippen molar-refractivity contribution in [3.63, 3.8) is 0 Å². The molecule has 0 fully saturated rings. The number of amides is 4. The third-order valence-corrected chi connectivity index (χ3v) is 5.41. The molecule has 14 nitrogen and oxygen atoms in total. The summed E-state index contributed by atoms with van der Waals surface area (Å²) >= 11 is 0. The molecule has 14 heteroatoms. The first kappa shape index (κ1) is 31.6. The molecule has 4 amide bonds. The molecule has 0 aromatic heterocycles. The topological polar surface area (TPSA) is 258 Å². The zero-order chi connectivity index (χ0) is 27.3. The number of nitrogens with zero attached hydrogens (tertiary/aromatic N) is 1. The van der Waals surface area contributed by atoms with Crippen LogP contribution < -0.4 is 38.9 Å². The van der Waals surface area contributed by atoms with Gasteiger partial charge in [0.2, 0.25) is 23.6 Å². The second-order valence-corrected chi connectivity index (χ2v) is 8.72. The molecule has 0 aromatic carbocycles. The van der Waals surface area contributed by atoms with Gasteiger partial charge in [0.1, 0.15) is 18.1 Å². The maximum atomic E-state index is 13.1. The summed E-state index contributed by atoms with van der Waals surface area (Å²) in [5, 5.41) is 16.7. The highest BCUT2D eigenvalue weighted by Gasteiger charge is 2.33. The van der Waals surface area contributed by atoms with E-state index in [1.54, 1.807) is 27.7 Å². The quantitative estimate of drug-likeness (QED) is 0.0631. The molecule has 0 saturated carbocycles. The van der Waals surface area contributed by atoms with E-state index in [1.807, 2.05) is 0 Å². The van der Waals surface area contributed by atoms with Crippen LogP contribution in [0.4, 0.5) is 0 Å². The molecule has 0 spiro atoms. The van der Waals surface area contributed by atoms with Crippen molar-refractivity contribution < 1.29 is 29.1 Å². The van der Waals surface area contributed by atoms with Gasteiger partial charge in [-0.15, -0.1) is 0 Å². The molecule has 0 rings (SSSR count). The zero-order valence-electron chi connectivity index (χ0n) is 20.7. The van der Waals surface area contributed by atoms with Gasteiger partial charge in [-0.2, -0.15) is 0 Å². The van der Waals surface area contributed by atoms with E-state index in [9.17, 15) is 29.1 Å². The van der Waals surface area contributed by atoms with Crippen molar-refractivity contribution in [2.45, 2.75) is 77.5 Å². The minimum Gasteiger partial charge on any atom is -0.480 e. The number of carbonyl (C=O) groups excluding carboxylic acids is 4. The molecule has 0 aromatic rings. The van der Waals surface area contributed by atoms with Crippen molar-refractivity contribution >= 4 is 35.6 Å². The Bertz CT molecular complexity index is 784. The van der Waals surface area contributed by atoms with Gasteiger partial charge in [0.15, 0.2) is 5.96 Å². The lowest BCUT2D eigenvalue weighted by Crippen LogP contribution is -2.59. The van der Waals surface area contributed by atoms with Crippen LogP contribution in [0.5, 0.6) is 0 Å². The molecule has 0 heterocycles. The molecule has 5 unspecified atom stereocenters. The van der Waals surface area contributed by atoms with Gasteiger partial charge in [-0.1, -0.05) is 34.1 Å². The molecule has 0 radical (unpaired) electrons. The van der Waals surface area contributed by atoms with Crippen molar-refractivity contribution in [3.05, 3.63) is 0 Å². The smallest absolute Gasteiger partial charge is 0.326 e. The van der Waals surface area contributed by atoms with Crippen LogP contribution in [-0.2, 0) is 24.0 Å². The first-order valence-electron chi connectivity index (χ1n) is 11.4. The molecular weight excluding hydrogens is 460 g/mol. The molecule has 200 valence electrons. The van der Waals surface area contributed by atoms with Crippen LogP contribution in [0.25, 0.3) is 0 Å². The van der Waals surface area contributed by atoms with Crippen molar-refractivity contribution in [1.82, 2.24) is 16.0 Å². The van der Waals surface area contributed by atoms with E-state index in [0.717, 1.165) is 0 Å². The predicted octanol–water partition coefficient (Wildman–Crippen LogP) is -2.52. The molecule has 5 atom stereocenters. The summed E-state index contributed by atoms with van der Waals surface area (Å²) in [7, 11) is 0. The first-order valence-corrected chi connectivity index (χ1v) is 11.4. The highest BCUT2D eigenvalue weighted by molar-refractivity contribution is 5.95. The molecule has 0 aliphatic rings. The Kier molecular flexibility index (Phi) is 14.0. The summed E-state index contributed by atoms with van der Waals surface area (Å²) in [4.78, 5) is 64.9. The highest BCUT2D eigenvalue weighted by atomic mass is 16.4. The standard InChI is InChI=1S/C21H40N8O6/c1-5-11(4)16(19(33)28-13(20(34)35)9-14(22)30)29-17(31)12(7-6-8-26-21(24)25)27-18(32)15(23)10(2)3/h10-13,15-16H,5-9,23H2,1-4H3,(H2,22,30)(H,27,32)(H,28,33)(H,29,31)(H,34,35)(H4,24,25,26). The van der Waals surface area contributed by atoms with E-state index in [4.69, 9.17) is 22.9 Å². The molecule has 35 heavy (non-hydrogen) atoms. The van der Waals surface area contributed by atoms with E-state index in [-0.39, 0.29) is 24.8 Å². The number of nitrogens with one attached hydrogen (secondary N) is 3. The number of guanidine groups is 1. The monoisotopic (exact) mass is 500 g/mol. The minimum absolute atomic E-state index is 0.116. The van der Waals surface area contributed by atoms with E-state index in [2.05, 4.69) is 20.9 Å². The third-order valence-electron chi connectivity index (χ3n) is 5.41. The second kappa shape index (κ2) is 15.5. The second-order valence-electron chi connectivity index (χ2n) is 8.72. The number of hydrogen-bond acceptors (Lipinski definition) is 7. The maximum absolute atomic E-state index is 13.1. The largest absolute Gasteiger partial charge is 0.480 e. The van der Waals surface area contributed by atoms with Crippen LogP contribution in [0.15, 0.2) is 4.99 Å². The number of aliphatic imine (C=N–C) groups is 1. The summed E-state index contributed by atoms with van der Waals surface area (Å²) in [6.07, 6.45) is 0.338. The number of aliphatic carboxylic acids is 1. The van der Waals surface area contributed by atoms with E-state index >= 15 is 0 Å². The number of hydrogen-bond donors (Lipinski definition) is 8. The molecule has 0 saturated heterocycles. The molecule has 0 bridgehead atoms. The Morgan fingerprint density at radius 1 is 0.886 bits per heavy atom. The van der Waals surface area contributed by atoms with Crippen molar-refractivity contribution in [3.8, 4) is 0 Å². The first-order chi connectivity index (χ1) is 16.2. The van der Waals surface area contributed by atoms with E-state index < -0.39 is 66.1 Å². The van der Waals surface area contributed by atoms with Gasteiger partial charge >= 0.3 is 5.97 Å². The maximum Gasteiger partial charge on any atom is 0.326 e. The van der Waals surface area contributed by atoms with Gasteiger partial charge in [-0.05, 0) is 24.7 Å². The number of carboxylic acids is 1. The normalized spacial score (nSPS) is 15.1. The summed E-state index contributed by atoms with van der Waals surface area (Å²) in [6, 6.07) is -4.61. The summed E-state index contributed by atoms with van der Waals surface area (Å²) < 4.78 is 0. The molecule has 0 aliphatic heterocycles. The van der Waals surface area contributed by atoms with Gasteiger partial charge in [0.05, 0.1) is 12.5 Å². The lowest BCUT2D eigenvalue weighted by molar-refractivity contribution is -0.144. The third kappa shape index (κ3) is 12.0. The molecule has 12 N–H and O–H groups in total. The number of nitrogens with two attached hydrogens (primary N) is 4. The van der Waals surface area contributed by atoms with Crippen LogP contribution >= 0.6 is 0 Å². The van der Waals surface area contributed by atoms with Crippen LogP contribution in [0, 0.1) is 11.8 Å². The van der Waals surface area contributed by atoms with E-state index in [1.165, 1.54) is 0 Å². The fourth-order valence-electron chi connectivity index (χ4n) is 2.96. The van der Waals surface area contributed by atoms with Gasteiger partial charge in [-0.25, -0.2) is 4.79 Å². The average Bonchev–Trinajstić information content (AvgIpc) is 2.76. The summed E-state index contributed by atoms with van der Waals surface area (Å²) in [5.74, 6) is -5.07. The van der Waals surface area contributed by atoms with Gasteiger partial charge in [0, 0.05) is 6.54 Å². The Labute approximate surface area is 205 Å². The van der Waals surface area contributed by atoms with Gasteiger partial charge < -0.3 is 44.0 Å². The summed E-state index contributed by atoms with van der Waals surface area (Å²) in [6.45, 7) is 7.19. The van der Waals surface area contributed by atoms with Crippen molar-refractivity contribution in [2.24, 2.45) is 39.8 Å². The predicted molar refractivity (Wildman–Crippen MR) is 129 cm³/mol. The SMILES string of the molecule is CCC(C)C(NC(=O)C(CCCN=C(N)N)NC(=O)C(N)C(C)C)C(=O)NC(CC(N)=O)C(=O)O. The minimum atomic E-state index is -1.55. The zero-order valence-corrected chi connectivity index (χ0v) is 20.7. The summed E-state index contributed by atoms with van der Waals surface area (Å²) in [5.41, 5.74) is 21.6. The molecular formula is C21H40N8O6. The number of primary amides is 1. The Hall–Kier alpha value is -3.42. The van der Waals surface area contributed by atoms with Gasteiger partial charge in [-0.3, -0.25) is 24.2 Å². The van der Waals surface area contributed by atoms with Crippen LogP contribution in [0.3, 0.4) is 0 Å². The average molecular weight is 501 g/mol. The van der Waals surface area contributed by atoms with Crippen LogP contribution in [0.1, 0.15) is 53.4 Å². The molecule has 0 aliphatic carbocycles. The van der Waals surface area contributed by atoms with E-state index in [0.29, 0.717) is 12.8 Å². The fourth-order valence-corrected chi connectivity index (χ4v) is 2.96. The van der Waals surface area contributed by atoms with Crippen molar-refractivity contribution in [1.29, 1.82) is 0 Å². The van der Waals surface area contributed by atoms with Gasteiger partial charge in [0.25, 0.3) is 0 Å². The van der Waals surface area contributed by atoms with Crippen LogP contribution in [-0.4, -0.2) is 71.4 Å². The number of rotatable bonds is 16. The Balaban J connectivity index is 5.67. The van der Waals surface area contributed by atoms with Crippen LogP contribution in [0.2, 0.25) is 0 Å². The number of carboxylic acid groups (broad SMARTS) is 1. The fraction of sp³-hybridized carbons (Fsp3) is 0.714. The Morgan fingerprint density at radius 2 is 1.46 bits per heavy atom. The Morgan fingerprint density at radius 3 is 1.91 bits per heavy atom.